The number of aliphatic hydroxyl groups excluding tert-OH is 1. The molecule has 20 heavy (non-hydrogen) atoms. The Hall–Kier alpha value is -1.31. The first-order chi connectivity index (χ1) is 9.35. The number of sulfonamides is 1. The SMILES string of the molecule is CNS(=O)(=O)c1ccc(N)c(N2CCC(O)C(C)C2)c1. The average molecular weight is 299 g/mol. The van der Waals surface area contributed by atoms with Crippen molar-refractivity contribution in [2.75, 3.05) is 30.8 Å². The zero-order chi connectivity index (χ0) is 14.9. The first kappa shape index (κ1) is 15.1. The zero-order valence-corrected chi connectivity index (χ0v) is 12.5. The molecule has 2 atom stereocenters. The molecule has 7 heteroatoms. The fraction of sp³-hybridized carbons (Fsp3) is 0.538. The van der Waals surface area contributed by atoms with E-state index in [9.17, 15) is 13.5 Å². The normalized spacial score (nSPS) is 23.9. The largest absolute Gasteiger partial charge is 0.397 e. The molecule has 6 nitrogen and oxygen atoms in total. The van der Waals surface area contributed by atoms with E-state index in [1.165, 1.54) is 13.1 Å². The lowest BCUT2D eigenvalue weighted by molar-refractivity contribution is 0.0971. The third-order valence-corrected chi connectivity index (χ3v) is 5.19. The summed E-state index contributed by atoms with van der Waals surface area (Å²) in [4.78, 5) is 2.23. The van der Waals surface area contributed by atoms with E-state index in [4.69, 9.17) is 5.73 Å². The van der Waals surface area contributed by atoms with Crippen LogP contribution in [-0.4, -0.2) is 39.8 Å². The summed E-state index contributed by atoms with van der Waals surface area (Å²) >= 11 is 0. The van der Waals surface area contributed by atoms with Crippen LogP contribution in [0, 0.1) is 5.92 Å². The van der Waals surface area contributed by atoms with Gasteiger partial charge in [-0.15, -0.1) is 0 Å². The molecule has 4 N–H and O–H groups in total. The minimum atomic E-state index is -3.48. The van der Waals surface area contributed by atoms with E-state index < -0.39 is 10.0 Å². The van der Waals surface area contributed by atoms with Crippen LogP contribution in [0.15, 0.2) is 23.1 Å². The van der Waals surface area contributed by atoms with Gasteiger partial charge in [0.1, 0.15) is 0 Å². The highest BCUT2D eigenvalue weighted by molar-refractivity contribution is 7.89. The Kier molecular flexibility index (Phi) is 4.22. The van der Waals surface area contributed by atoms with Crippen LogP contribution in [0.5, 0.6) is 0 Å². The number of piperidine rings is 1. The van der Waals surface area contributed by atoms with Gasteiger partial charge in [-0.25, -0.2) is 13.1 Å². The molecule has 2 unspecified atom stereocenters. The maximum atomic E-state index is 11.9. The molecule has 1 aromatic carbocycles. The number of nitrogens with zero attached hydrogens (tertiary/aromatic N) is 1. The minimum absolute atomic E-state index is 0.132. The summed E-state index contributed by atoms with van der Waals surface area (Å²) in [6.07, 6.45) is 0.348. The van der Waals surface area contributed by atoms with Crippen LogP contribution in [0.1, 0.15) is 13.3 Å². The van der Waals surface area contributed by atoms with Gasteiger partial charge in [0.25, 0.3) is 0 Å². The van der Waals surface area contributed by atoms with Crippen molar-refractivity contribution < 1.29 is 13.5 Å². The van der Waals surface area contributed by atoms with Gasteiger partial charge in [0.05, 0.1) is 22.4 Å². The van der Waals surface area contributed by atoms with Gasteiger partial charge < -0.3 is 15.7 Å². The minimum Gasteiger partial charge on any atom is -0.397 e. The maximum absolute atomic E-state index is 11.9. The third kappa shape index (κ3) is 2.89. The molecular weight excluding hydrogens is 278 g/mol. The standard InChI is InChI=1S/C13H21N3O3S/c1-9-8-16(6-5-13(9)17)12-7-10(3-4-11(12)14)20(18,19)15-2/h3-4,7,9,13,15,17H,5-6,8,14H2,1-2H3. The molecule has 0 saturated carbocycles. The van der Waals surface area contributed by atoms with Crippen LogP contribution >= 0.6 is 0 Å². The predicted molar refractivity (Wildman–Crippen MR) is 79.1 cm³/mol. The van der Waals surface area contributed by atoms with Crippen molar-refractivity contribution in [3.63, 3.8) is 0 Å². The van der Waals surface area contributed by atoms with Crippen LogP contribution in [0.4, 0.5) is 11.4 Å². The quantitative estimate of drug-likeness (QED) is 0.702. The summed E-state index contributed by atoms with van der Waals surface area (Å²) in [6.45, 7) is 3.30. The van der Waals surface area contributed by atoms with E-state index in [0.717, 1.165) is 0 Å². The van der Waals surface area contributed by atoms with Crippen molar-refractivity contribution in [3.8, 4) is 0 Å². The van der Waals surface area contributed by atoms with E-state index in [1.54, 1.807) is 12.1 Å². The molecule has 0 aliphatic carbocycles. The fourth-order valence-electron chi connectivity index (χ4n) is 2.43. The lowest BCUT2D eigenvalue weighted by Gasteiger charge is -2.36. The molecule has 1 aliphatic heterocycles. The van der Waals surface area contributed by atoms with Crippen LogP contribution in [-0.2, 0) is 10.0 Å². The number of benzene rings is 1. The van der Waals surface area contributed by atoms with Crippen molar-refractivity contribution in [1.82, 2.24) is 4.72 Å². The van der Waals surface area contributed by atoms with Crippen LogP contribution in [0.2, 0.25) is 0 Å². The molecule has 1 heterocycles. The summed E-state index contributed by atoms with van der Waals surface area (Å²) in [5.41, 5.74) is 7.22. The highest BCUT2D eigenvalue weighted by atomic mass is 32.2. The molecule has 0 spiro atoms. The van der Waals surface area contributed by atoms with Crippen molar-refractivity contribution >= 4 is 21.4 Å². The Bertz CT molecular complexity index is 589. The molecular formula is C13H21N3O3S. The monoisotopic (exact) mass is 299 g/mol. The van der Waals surface area contributed by atoms with Crippen LogP contribution in [0.25, 0.3) is 0 Å². The van der Waals surface area contributed by atoms with Gasteiger partial charge in [0.2, 0.25) is 10.0 Å². The Labute approximate surface area is 119 Å². The summed E-state index contributed by atoms with van der Waals surface area (Å²) in [5, 5.41) is 9.77. The predicted octanol–water partition coefficient (Wildman–Crippen LogP) is 0.384. The van der Waals surface area contributed by atoms with Gasteiger partial charge in [-0.2, -0.15) is 0 Å². The van der Waals surface area contributed by atoms with Crippen molar-refractivity contribution in [3.05, 3.63) is 18.2 Å². The maximum Gasteiger partial charge on any atom is 0.240 e. The second-order valence-electron chi connectivity index (χ2n) is 5.21. The summed E-state index contributed by atoms with van der Waals surface area (Å²) in [6, 6.07) is 4.69. The molecule has 0 amide bonds. The second kappa shape index (κ2) is 5.59. The topological polar surface area (TPSA) is 95.7 Å². The molecule has 1 aliphatic rings. The lowest BCUT2D eigenvalue weighted by Crippen LogP contribution is -2.42. The number of aliphatic hydroxyl groups is 1. The Morgan fingerprint density at radius 1 is 1.45 bits per heavy atom. The number of nitrogens with two attached hydrogens (primary N) is 1. The number of hydrogen-bond donors (Lipinski definition) is 3. The Morgan fingerprint density at radius 3 is 2.75 bits per heavy atom. The number of rotatable bonds is 3. The van der Waals surface area contributed by atoms with Crippen LogP contribution < -0.4 is 15.4 Å². The van der Waals surface area contributed by atoms with E-state index >= 15 is 0 Å². The van der Waals surface area contributed by atoms with Gasteiger partial charge >= 0.3 is 0 Å². The second-order valence-corrected chi connectivity index (χ2v) is 7.09. The van der Waals surface area contributed by atoms with Gasteiger partial charge in [-0.05, 0) is 37.6 Å². The fourth-order valence-corrected chi connectivity index (χ4v) is 3.18. The van der Waals surface area contributed by atoms with E-state index in [0.29, 0.717) is 30.9 Å². The molecule has 0 bridgehead atoms. The smallest absolute Gasteiger partial charge is 0.240 e. The first-order valence-electron chi connectivity index (χ1n) is 6.61. The van der Waals surface area contributed by atoms with Gasteiger partial charge in [-0.3, -0.25) is 0 Å². The van der Waals surface area contributed by atoms with E-state index in [2.05, 4.69) is 4.72 Å². The van der Waals surface area contributed by atoms with Crippen molar-refractivity contribution in [2.45, 2.75) is 24.3 Å². The number of nitrogen functional groups attached to an aromatic ring is 1. The van der Waals surface area contributed by atoms with Gasteiger partial charge in [0.15, 0.2) is 0 Å². The highest BCUT2D eigenvalue weighted by Gasteiger charge is 2.26. The molecule has 1 saturated heterocycles. The third-order valence-electron chi connectivity index (χ3n) is 3.78. The average Bonchev–Trinajstić information content (AvgIpc) is 2.42. The summed E-state index contributed by atoms with van der Waals surface area (Å²) in [7, 11) is -2.10. The Balaban J connectivity index is 2.35. The Morgan fingerprint density at radius 2 is 2.15 bits per heavy atom. The summed E-state index contributed by atoms with van der Waals surface area (Å²) in [5.74, 6) is 0.132. The molecule has 1 aromatic rings. The van der Waals surface area contributed by atoms with Crippen molar-refractivity contribution in [2.24, 2.45) is 5.92 Å². The molecule has 1 fully saturated rings. The summed E-state index contributed by atoms with van der Waals surface area (Å²) < 4.78 is 26.0. The first-order valence-corrected chi connectivity index (χ1v) is 8.09. The van der Waals surface area contributed by atoms with Gasteiger partial charge in [-0.1, -0.05) is 6.92 Å². The van der Waals surface area contributed by atoms with Gasteiger partial charge in [0, 0.05) is 13.1 Å². The number of anilines is 2. The lowest BCUT2D eigenvalue weighted by atomic mass is 9.96. The molecule has 0 aromatic heterocycles. The molecule has 112 valence electrons. The number of nitrogens with one attached hydrogen (secondary N) is 1. The van der Waals surface area contributed by atoms with Crippen LogP contribution in [0.3, 0.4) is 0 Å². The van der Waals surface area contributed by atoms with E-state index in [1.807, 2.05) is 11.8 Å². The van der Waals surface area contributed by atoms with E-state index in [-0.39, 0.29) is 16.9 Å². The molecule has 0 radical (unpaired) electrons. The zero-order valence-electron chi connectivity index (χ0n) is 11.7. The van der Waals surface area contributed by atoms with Crippen molar-refractivity contribution in [1.29, 1.82) is 0 Å². The highest BCUT2D eigenvalue weighted by Crippen LogP contribution is 2.30. The molecule has 2 rings (SSSR count). The number of hydrogen-bond acceptors (Lipinski definition) is 5.